The van der Waals surface area contributed by atoms with E-state index in [0.29, 0.717) is 5.56 Å². The third-order valence-corrected chi connectivity index (χ3v) is 2.78. The summed E-state index contributed by atoms with van der Waals surface area (Å²) in [6.07, 6.45) is 1.78. The van der Waals surface area contributed by atoms with E-state index in [1.54, 1.807) is 0 Å². The van der Waals surface area contributed by atoms with Crippen molar-refractivity contribution in [2.24, 2.45) is 0 Å². The molecule has 16 heavy (non-hydrogen) atoms. The van der Waals surface area contributed by atoms with Crippen LogP contribution in [-0.4, -0.2) is 22.7 Å². The van der Waals surface area contributed by atoms with Gasteiger partial charge in [-0.1, -0.05) is 0 Å². The number of carboxylic acids is 1. The van der Waals surface area contributed by atoms with Crippen LogP contribution in [0, 0.1) is 5.82 Å². The maximum Gasteiger partial charge on any atom is 0.338 e. The number of carbonyl (C=O) groups is 1. The Bertz CT molecular complexity index is 427. The molecular weight excluding hydrogens is 213 g/mol. The lowest BCUT2D eigenvalue weighted by atomic mass is 10.0. The molecule has 1 fully saturated rings. The molecule has 2 rings (SSSR count). The van der Waals surface area contributed by atoms with Crippen molar-refractivity contribution in [3.8, 4) is 5.75 Å². The van der Waals surface area contributed by atoms with Crippen LogP contribution in [0.4, 0.5) is 4.39 Å². The number of aromatic carboxylic acids is 1. The van der Waals surface area contributed by atoms with E-state index in [-0.39, 0.29) is 11.8 Å². The highest BCUT2D eigenvalue weighted by Gasteiger charge is 2.22. The minimum Gasteiger partial charge on any atom is -0.508 e. The van der Waals surface area contributed by atoms with Gasteiger partial charge in [0.2, 0.25) is 0 Å². The molecule has 1 atom stereocenters. The molecule has 1 aliphatic rings. The van der Waals surface area contributed by atoms with E-state index in [4.69, 9.17) is 5.11 Å². The number of phenols is 1. The van der Waals surface area contributed by atoms with E-state index in [1.807, 2.05) is 0 Å². The lowest BCUT2D eigenvalue weighted by Crippen LogP contribution is -2.14. The summed E-state index contributed by atoms with van der Waals surface area (Å²) in [5.41, 5.74) is 0.0535. The Morgan fingerprint density at radius 2 is 2.25 bits per heavy atom. The second kappa shape index (κ2) is 4.09. The van der Waals surface area contributed by atoms with Crippen LogP contribution in [0.3, 0.4) is 0 Å². The Morgan fingerprint density at radius 3 is 2.81 bits per heavy atom. The van der Waals surface area contributed by atoms with Crippen molar-refractivity contribution < 1.29 is 19.4 Å². The van der Waals surface area contributed by atoms with Crippen LogP contribution in [0.1, 0.15) is 34.8 Å². The monoisotopic (exact) mass is 225 g/mol. The predicted octanol–water partition coefficient (Wildman–Crippen LogP) is 1.65. The zero-order chi connectivity index (χ0) is 11.7. The summed E-state index contributed by atoms with van der Waals surface area (Å²) in [5, 5.41) is 21.5. The number of carboxylic acid groups (broad SMARTS) is 1. The summed E-state index contributed by atoms with van der Waals surface area (Å²) in [6.45, 7) is 0.823. The summed E-state index contributed by atoms with van der Waals surface area (Å²) in [6, 6.07) is 1.98. The number of phenolic OH excluding ortho intramolecular Hbond substituents is 1. The smallest absolute Gasteiger partial charge is 0.338 e. The van der Waals surface area contributed by atoms with Crippen molar-refractivity contribution in [2.75, 3.05) is 6.54 Å². The molecule has 0 spiro atoms. The van der Waals surface area contributed by atoms with Gasteiger partial charge in [-0.05, 0) is 25.5 Å². The van der Waals surface area contributed by atoms with Gasteiger partial charge >= 0.3 is 5.97 Å². The number of aromatic hydroxyl groups is 1. The third kappa shape index (κ3) is 1.86. The minimum atomic E-state index is -1.32. The quantitative estimate of drug-likeness (QED) is 0.715. The Hall–Kier alpha value is -1.62. The minimum absolute atomic E-state index is 0.0845. The van der Waals surface area contributed by atoms with Crippen molar-refractivity contribution in [1.29, 1.82) is 0 Å². The normalized spacial score (nSPS) is 19.9. The van der Waals surface area contributed by atoms with Gasteiger partial charge in [-0.2, -0.15) is 0 Å². The molecule has 0 aliphatic carbocycles. The van der Waals surface area contributed by atoms with E-state index < -0.39 is 17.3 Å². The van der Waals surface area contributed by atoms with Gasteiger partial charge in [0.05, 0.1) is 5.56 Å². The fourth-order valence-electron chi connectivity index (χ4n) is 1.97. The maximum atomic E-state index is 13.2. The molecular formula is C11H12FNO3. The molecule has 1 saturated heterocycles. The van der Waals surface area contributed by atoms with Crippen LogP contribution in [0.25, 0.3) is 0 Å². The molecule has 0 aromatic heterocycles. The van der Waals surface area contributed by atoms with E-state index in [0.717, 1.165) is 25.5 Å². The highest BCUT2D eigenvalue weighted by molar-refractivity contribution is 5.88. The zero-order valence-electron chi connectivity index (χ0n) is 8.53. The predicted molar refractivity (Wildman–Crippen MR) is 55.0 cm³/mol. The van der Waals surface area contributed by atoms with Crippen molar-refractivity contribution >= 4 is 5.97 Å². The van der Waals surface area contributed by atoms with Crippen LogP contribution in [0.5, 0.6) is 5.75 Å². The number of hydrogen-bond donors (Lipinski definition) is 3. The third-order valence-electron chi connectivity index (χ3n) is 2.78. The van der Waals surface area contributed by atoms with Gasteiger partial charge in [0, 0.05) is 17.7 Å². The standard InChI is InChI=1S/C11H12FNO3/c12-8-5-10(14)7(4-6(8)11(15)16)9-2-1-3-13-9/h4-5,9,13-14H,1-3H2,(H,15,16)/t9-/m0/s1. The average Bonchev–Trinajstić information content (AvgIpc) is 2.70. The van der Waals surface area contributed by atoms with Crippen LogP contribution in [0.15, 0.2) is 12.1 Å². The maximum absolute atomic E-state index is 13.2. The van der Waals surface area contributed by atoms with E-state index in [1.165, 1.54) is 6.07 Å². The summed E-state index contributed by atoms with van der Waals surface area (Å²) in [7, 11) is 0. The van der Waals surface area contributed by atoms with E-state index >= 15 is 0 Å². The number of rotatable bonds is 2. The largest absolute Gasteiger partial charge is 0.508 e. The van der Waals surface area contributed by atoms with Crippen LogP contribution < -0.4 is 5.32 Å². The average molecular weight is 225 g/mol. The van der Waals surface area contributed by atoms with Crippen LogP contribution in [-0.2, 0) is 0 Å². The Kier molecular flexibility index (Phi) is 2.78. The Labute approximate surface area is 91.7 Å². The second-order valence-corrected chi connectivity index (χ2v) is 3.84. The highest BCUT2D eigenvalue weighted by atomic mass is 19.1. The van der Waals surface area contributed by atoms with E-state index in [2.05, 4.69) is 5.32 Å². The molecule has 1 aromatic rings. The first kappa shape index (κ1) is 10.9. The lowest BCUT2D eigenvalue weighted by Gasteiger charge is -2.13. The van der Waals surface area contributed by atoms with Crippen LogP contribution in [0.2, 0.25) is 0 Å². The number of benzene rings is 1. The molecule has 86 valence electrons. The molecule has 1 heterocycles. The summed E-state index contributed by atoms with van der Waals surface area (Å²) in [4.78, 5) is 10.8. The molecule has 0 radical (unpaired) electrons. The highest BCUT2D eigenvalue weighted by Crippen LogP contribution is 2.32. The van der Waals surface area contributed by atoms with Crippen molar-refractivity contribution in [3.05, 3.63) is 29.1 Å². The zero-order valence-corrected chi connectivity index (χ0v) is 8.53. The van der Waals surface area contributed by atoms with Crippen molar-refractivity contribution in [3.63, 3.8) is 0 Å². The molecule has 5 heteroatoms. The lowest BCUT2D eigenvalue weighted by molar-refractivity contribution is 0.0691. The summed E-state index contributed by atoms with van der Waals surface area (Å²) >= 11 is 0. The van der Waals surface area contributed by atoms with Gasteiger partial charge in [-0.25, -0.2) is 9.18 Å². The fraction of sp³-hybridized carbons (Fsp3) is 0.364. The van der Waals surface area contributed by atoms with Gasteiger partial charge in [-0.3, -0.25) is 0 Å². The molecule has 1 aliphatic heterocycles. The second-order valence-electron chi connectivity index (χ2n) is 3.84. The van der Waals surface area contributed by atoms with E-state index in [9.17, 15) is 14.3 Å². The Morgan fingerprint density at radius 1 is 1.50 bits per heavy atom. The molecule has 4 nitrogen and oxygen atoms in total. The first-order valence-corrected chi connectivity index (χ1v) is 5.08. The van der Waals surface area contributed by atoms with Crippen molar-refractivity contribution in [2.45, 2.75) is 18.9 Å². The molecule has 1 aromatic carbocycles. The number of hydrogen-bond acceptors (Lipinski definition) is 3. The summed E-state index contributed by atoms with van der Waals surface area (Å²) in [5.74, 6) is -2.43. The first-order valence-electron chi connectivity index (χ1n) is 5.08. The summed E-state index contributed by atoms with van der Waals surface area (Å²) < 4.78 is 13.2. The van der Waals surface area contributed by atoms with Gasteiger partial charge in [0.15, 0.2) is 0 Å². The molecule has 3 N–H and O–H groups in total. The van der Waals surface area contributed by atoms with Gasteiger partial charge in [-0.15, -0.1) is 0 Å². The fourth-order valence-corrected chi connectivity index (χ4v) is 1.97. The molecule has 0 amide bonds. The van der Waals surface area contributed by atoms with Gasteiger partial charge < -0.3 is 15.5 Å². The first-order chi connectivity index (χ1) is 7.59. The number of halogens is 1. The topological polar surface area (TPSA) is 69.6 Å². The molecule has 0 unspecified atom stereocenters. The van der Waals surface area contributed by atoms with Crippen molar-refractivity contribution in [1.82, 2.24) is 5.32 Å². The molecule has 0 saturated carbocycles. The van der Waals surface area contributed by atoms with Gasteiger partial charge in [0.1, 0.15) is 11.6 Å². The number of nitrogens with one attached hydrogen (secondary N) is 1. The van der Waals surface area contributed by atoms with Gasteiger partial charge in [0.25, 0.3) is 0 Å². The molecule has 0 bridgehead atoms. The van der Waals surface area contributed by atoms with Crippen LogP contribution >= 0.6 is 0 Å². The SMILES string of the molecule is O=C(O)c1cc([C@@H]2CCCN2)c(O)cc1F. The Balaban J connectivity index is 2.44.